The molecule has 1 atom stereocenters. The zero-order valence-corrected chi connectivity index (χ0v) is 11.5. The van der Waals surface area contributed by atoms with Crippen LogP contribution in [0.2, 0.25) is 0 Å². The van der Waals surface area contributed by atoms with Crippen LogP contribution in [0, 0.1) is 0 Å². The highest BCUT2D eigenvalue weighted by atomic mass is 16.5. The standard InChI is InChI=1S/C18H20O2/c19-14-12-17-11-13-18(20-17,15-7-3-1-4-8-15)16-9-5-2-6-10-16/h1-10,17,19H,11-14H2. The van der Waals surface area contributed by atoms with Gasteiger partial charge < -0.3 is 9.84 Å². The molecule has 1 heterocycles. The third-order valence-electron chi connectivity index (χ3n) is 4.12. The van der Waals surface area contributed by atoms with Crippen molar-refractivity contribution < 1.29 is 9.84 Å². The Kier molecular flexibility index (Phi) is 3.86. The molecular formula is C18H20O2. The molecule has 0 aromatic heterocycles. The summed E-state index contributed by atoms with van der Waals surface area (Å²) in [6, 6.07) is 20.8. The molecule has 3 rings (SSSR count). The van der Waals surface area contributed by atoms with Crippen molar-refractivity contribution in [2.75, 3.05) is 6.61 Å². The SMILES string of the molecule is OCCC1CCC(c2ccccc2)(c2ccccc2)O1. The topological polar surface area (TPSA) is 29.5 Å². The maximum absolute atomic E-state index is 9.16. The Bertz CT molecular complexity index is 496. The molecule has 0 saturated carbocycles. The molecule has 0 amide bonds. The maximum Gasteiger partial charge on any atom is 0.119 e. The molecule has 0 spiro atoms. The molecule has 0 radical (unpaired) electrons. The van der Waals surface area contributed by atoms with Crippen LogP contribution in [0.15, 0.2) is 60.7 Å². The van der Waals surface area contributed by atoms with Crippen molar-refractivity contribution >= 4 is 0 Å². The molecule has 20 heavy (non-hydrogen) atoms. The van der Waals surface area contributed by atoms with Crippen molar-refractivity contribution in [3.63, 3.8) is 0 Å². The Morgan fingerprint density at radius 2 is 1.50 bits per heavy atom. The highest BCUT2D eigenvalue weighted by Crippen LogP contribution is 2.45. The van der Waals surface area contributed by atoms with Crippen LogP contribution in [0.1, 0.15) is 30.4 Å². The quantitative estimate of drug-likeness (QED) is 0.919. The first kappa shape index (κ1) is 13.3. The van der Waals surface area contributed by atoms with Gasteiger partial charge in [-0.3, -0.25) is 0 Å². The summed E-state index contributed by atoms with van der Waals surface area (Å²) < 4.78 is 6.40. The number of hydrogen-bond donors (Lipinski definition) is 1. The van der Waals surface area contributed by atoms with Gasteiger partial charge in [-0.1, -0.05) is 60.7 Å². The van der Waals surface area contributed by atoms with E-state index in [4.69, 9.17) is 9.84 Å². The van der Waals surface area contributed by atoms with Gasteiger partial charge in [-0.15, -0.1) is 0 Å². The molecule has 2 heteroatoms. The third-order valence-corrected chi connectivity index (χ3v) is 4.12. The van der Waals surface area contributed by atoms with Crippen LogP contribution in [0.25, 0.3) is 0 Å². The zero-order valence-electron chi connectivity index (χ0n) is 11.5. The van der Waals surface area contributed by atoms with Gasteiger partial charge >= 0.3 is 0 Å². The minimum Gasteiger partial charge on any atom is -0.396 e. The van der Waals surface area contributed by atoms with E-state index in [-0.39, 0.29) is 18.3 Å². The van der Waals surface area contributed by atoms with Crippen LogP contribution in [0.3, 0.4) is 0 Å². The Morgan fingerprint density at radius 1 is 0.950 bits per heavy atom. The number of aliphatic hydroxyl groups excluding tert-OH is 1. The van der Waals surface area contributed by atoms with E-state index in [0.717, 1.165) is 12.8 Å². The van der Waals surface area contributed by atoms with Crippen LogP contribution in [-0.4, -0.2) is 17.8 Å². The number of rotatable bonds is 4. The molecule has 1 N–H and O–H groups in total. The van der Waals surface area contributed by atoms with E-state index >= 15 is 0 Å². The average Bonchev–Trinajstić information content (AvgIpc) is 2.95. The predicted octanol–water partition coefficient (Wildman–Crippen LogP) is 3.49. The van der Waals surface area contributed by atoms with Crippen molar-refractivity contribution in [3.8, 4) is 0 Å². The molecule has 1 aliphatic heterocycles. The minimum absolute atomic E-state index is 0.139. The summed E-state index contributed by atoms with van der Waals surface area (Å²) in [5.74, 6) is 0. The summed E-state index contributed by atoms with van der Waals surface area (Å²) in [7, 11) is 0. The summed E-state index contributed by atoms with van der Waals surface area (Å²) in [5, 5.41) is 9.16. The molecule has 1 unspecified atom stereocenters. The highest BCUT2D eigenvalue weighted by Gasteiger charge is 2.42. The van der Waals surface area contributed by atoms with Crippen molar-refractivity contribution in [1.29, 1.82) is 0 Å². The molecule has 104 valence electrons. The first-order chi connectivity index (χ1) is 9.85. The largest absolute Gasteiger partial charge is 0.396 e. The third kappa shape index (κ3) is 2.37. The molecule has 0 bridgehead atoms. The smallest absolute Gasteiger partial charge is 0.119 e. The summed E-state index contributed by atoms with van der Waals surface area (Å²) in [6.07, 6.45) is 2.80. The van der Waals surface area contributed by atoms with Gasteiger partial charge in [0, 0.05) is 6.61 Å². The number of ether oxygens (including phenoxy) is 1. The fourth-order valence-corrected chi connectivity index (χ4v) is 3.12. The van der Waals surface area contributed by atoms with Gasteiger partial charge in [0.05, 0.1) is 6.10 Å². The Labute approximate surface area is 120 Å². The van der Waals surface area contributed by atoms with Crippen molar-refractivity contribution in [2.45, 2.75) is 31.0 Å². The van der Waals surface area contributed by atoms with E-state index in [1.165, 1.54) is 11.1 Å². The second kappa shape index (κ2) is 5.78. The maximum atomic E-state index is 9.16. The Balaban J connectivity index is 2.01. The van der Waals surface area contributed by atoms with Crippen LogP contribution < -0.4 is 0 Å². The van der Waals surface area contributed by atoms with Crippen LogP contribution in [0.4, 0.5) is 0 Å². The summed E-state index contributed by atoms with van der Waals surface area (Å²) in [4.78, 5) is 0. The van der Waals surface area contributed by atoms with E-state index in [9.17, 15) is 0 Å². The summed E-state index contributed by atoms with van der Waals surface area (Å²) >= 11 is 0. The molecule has 1 aliphatic rings. The van der Waals surface area contributed by atoms with Crippen molar-refractivity contribution in [2.24, 2.45) is 0 Å². The number of hydrogen-bond acceptors (Lipinski definition) is 2. The van der Waals surface area contributed by atoms with Gasteiger partial charge in [-0.2, -0.15) is 0 Å². The molecule has 2 aromatic carbocycles. The van der Waals surface area contributed by atoms with Gasteiger partial charge in [0.1, 0.15) is 5.60 Å². The molecule has 0 aliphatic carbocycles. The number of benzene rings is 2. The molecule has 1 fully saturated rings. The highest BCUT2D eigenvalue weighted by molar-refractivity contribution is 5.37. The summed E-state index contributed by atoms with van der Waals surface area (Å²) in [5.41, 5.74) is 2.04. The molecule has 2 nitrogen and oxygen atoms in total. The van der Waals surface area contributed by atoms with Crippen LogP contribution >= 0.6 is 0 Å². The van der Waals surface area contributed by atoms with Crippen LogP contribution in [-0.2, 0) is 10.3 Å². The zero-order chi connectivity index (χ0) is 13.8. The lowest BCUT2D eigenvalue weighted by atomic mass is 9.84. The van der Waals surface area contributed by atoms with Gasteiger partial charge in [0.15, 0.2) is 0 Å². The summed E-state index contributed by atoms with van der Waals surface area (Å²) in [6.45, 7) is 0.185. The van der Waals surface area contributed by atoms with Gasteiger partial charge in [0.2, 0.25) is 0 Å². The molecular weight excluding hydrogens is 248 g/mol. The lowest BCUT2D eigenvalue weighted by Gasteiger charge is -2.31. The first-order valence-corrected chi connectivity index (χ1v) is 7.25. The fourth-order valence-electron chi connectivity index (χ4n) is 3.12. The van der Waals surface area contributed by atoms with E-state index in [2.05, 4.69) is 48.5 Å². The van der Waals surface area contributed by atoms with E-state index in [1.54, 1.807) is 0 Å². The van der Waals surface area contributed by atoms with E-state index < -0.39 is 0 Å². The molecule has 2 aromatic rings. The fraction of sp³-hybridized carbons (Fsp3) is 0.333. The van der Waals surface area contributed by atoms with E-state index in [0.29, 0.717) is 6.42 Å². The van der Waals surface area contributed by atoms with Gasteiger partial charge in [-0.05, 0) is 30.4 Å². The lowest BCUT2D eigenvalue weighted by molar-refractivity contribution is -0.0251. The van der Waals surface area contributed by atoms with E-state index in [1.807, 2.05) is 12.1 Å². The van der Waals surface area contributed by atoms with Crippen molar-refractivity contribution in [3.05, 3.63) is 71.8 Å². The number of aliphatic hydroxyl groups is 1. The average molecular weight is 268 g/mol. The second-order valence-corrected chi connectivity index (χ2v) is 5.35. The lowest BCUT2D eigenvalue weighted by Crippen LogP contribution is -2.28. The molecule has 1 saturated heterocycles. The Morgan fingerprint density at radius 3 is 2.00 bits per heavy atom. The Hall–Kier alpha value is -1.64. The second-order valence-electron chi connectivity index (χ2n) is 5.35. The normalized spacial score (nSPS) is 20.9. The first-order valence-electron chi connectivity index (χ1n) is 7.25. The van der Waals surface area contributed by atoms with Gasteiger partial charge in [0.25, 0.3) is 0 Å². The predicted molar refractivity (Wildman–Crippen MR) is 79.5 cm³/mol. The van der Waals surface area contributed by atoms with Crippen LogP contribution in [0.5, 0.6) is 0 Å². The monoisotopic (exact) mass is 268 g/mol. The minimum atomic E-state index is -0.359. The van der Waals surface area contributed by atoms with Crippen molar-refractivity contribution in [1.82, 2.24) is 0 Å². The van der Waals surface area contributed by atoms with Gasteiger partial charge in [-0.25, -0.2) is 0 Å².